The summed E-state index contributed by atoms with van der Waals surface area (Å²) in [4.78, 5) is 24.3. The van der Waals surface area contributed by atoms with Gasteiger partial charge in [0, 0.05) is 17.6 Å². The predicted molar refractivity (Wildman–Crippen MR) is 112 cm³/mol. The lowest BCUT2D eigenvalue weighted by Crippen LogP contribution is -2.49. The highest BCUT2D eigenvalue weighted by Gasteiger charge is 2.24. The van der Waals surface area contributed by atoms with E-state index >= 15 is 0 Å². The molecule has 0 saturated heterocycles. The first-order chi connectivity index (χ1) is 13.0. The van der Waals surface area contributed by atoms with Crippen molar-refractivity contribution in [3.63, 3.8) is 0 Å². The number of hydrogen-bond acceptors (Lipinski definition) is 5. The minimum absolute atomic E-state index is 0.268. The van der Waals surface area contributed by atoms with Crippen LogP contribution >= 0.6 is 11.6 Å². The quantitative estimate of drug-likeness (QED) is 0.600. The number of halogens is 1. The zero-order chi connectivity index (χ0) is 21.3. The van der Waals surface area contributed by atoms with Crippen molar-refractivity contribution in [2.45, 2.75) is 65.1 Å². The highest BCUT2D eigenvalue weighted by atomic mass is 35.5. The number of esters is 1. The summed E-state index contributed by atoms with van der Waals surface area (Å²) in [6.45, 7) is 9.93. The van der Waals surface area contributed by atoms with Crippen LogP contribution in [0.15, 0.2) is 24.3 Å². The molecule has 0 unspecified atom stereocenters. The molecule has 0 aromatic heterocycles. The van der Waals surface area contributed by atoms with Gasteiger partial charge in [-0.1, -0.05) is 37.6 Å². The lowest BCUT2D eigenvalue weighted by atomic mass is 10.0. The molecule has 158 valence electrons. The molecule has 0 spiro atoms. The Balaban J connectivity index is 2.84. The van der Waals surface area contributed by atoms with E-state index in [0.29, 0.717) is 30.3 Å². The Morgan fingerprint density at radius 1 is 1.14 bits per heavy atom. The number of hydrogen-bond donors (Lipinski definition) is 2. The Kier molecular flexibility index (Phi) is 9.76. The molecule has 6 nitrogen and oxygen atoms in total. The van der Waals surface area contributed by atoms with Crippen LogP contribution in [0.2, 0.25) is 5.02 Å². The second-order valence-electron chi connectivity index (χ2n) is 8.29. The van der Waals surface area contributed by atoms with Crippen LogP contribution in [0.25, 0.3) is 0 Å². The lowest BCUT2D eigenvalue weighted by Gasteiger charge is -2.26. The first-order valence-electron chi connectivity index (χ1n) is 9.55. The van der Waals surface area contributed by atoms with Crippen molar-refractivity contribution in [1.29, 1.82) is 0 Å². The summed E-state index contributed by atoms with van der Waals surface area (Å²) in [5.41, 5.74) is 0.430. The Labute approximate surface area is 173 Å². The van der Waals surface area contributed by atoms with Crippen LogP contribution in [-0.2, 0) is 20.7 Å². The van der Waals surface area contributed by atoms with Gasteiger partial charge in [0.15, 0.2) is 0 Å². The van der Waals surface area contributed by atoms with Crippen molar-refractivity contribution < 1.29 is 19.1 Å². The topological polar surface area (TPSA) is 76.7 Å². The smallest absolute Gasteiger partial charge is 0.407 e. The second-order valence-corrected chi connectivity index (χ2v) is 8.72. The molecule has 1 aromatic rings. The number of methoxy groups -OCH3 is 1. The number of amides is 1. The summed E-state index contributed by atoms with van der Waals surface area (Å²) in [6, 6.07) is 6.75. The molecule has 0 aliphatic carbocycles. The number of ether oxygens (including phenoxy) is 2. The van der Waals surface area contributed by atoms with Crippen molar-refractivity contribution in [1.82, 2.24) is 10.6 Å². The molecule has 0 aliphatic rings. The summed E-state index contributed by atoms with van der Waals surface area (Å²) in [7, 11) is 1.38. The fourth-order valence-corrected chi connectivity index (χ4v) is 2.84. The first kappa shape index (κ1) is 24.2. The SMILES string of the molecule is COC(=O)[C@H](CC(C)C)NC[C@H](Cc1ccc(Cl)cc1)NC(=O)OC(C)(C)C. The minimum Gasteiger partial charge on any atom is -0.468 e. The van der Waals surface area contributed by atoms with Gasteiger partial charge in [0.05, 0.1) is 7.11 Å². The molecule has 7 heteroatoms. The Morgan fingerprint density at radius 3 is 2.25 bits per heavy atom. The second kappa shape index (κ2) is 11.3. The van der Waals surface area contributed by atoms with Gasteiger partial charge in [-0.3, -0.25) is 4.79 Å². The van der Waals surface area contributed by atoms with Crippen molar-refractivity contribution in [3.05, 3.63) is 34.9 Å². The summed E-state index contributed by atoms with van der Waals surface area (Å²) in [5, 5.41) is 6.78. The summed E-state index contributed by atoms with van der Waals surface area (Å²) < 4.78 is 10.3. The van der Waals surface area contributed by atoms with Crippen molar-refractivity contribution in [2.24, 2.45) is 5.92 Å². The van der Waals surface area contributed by atoms with Crippen LogP contribution in [0.4, 0.5) is 4.79 Å². The Hall–Kier alpha value is -1.79. The van der Waals surface area contributed by atoms with Crippen LogP contribution < -0.4 is 10.6 Å². The van der Waals surface area contributed by atoms with E-state index in [2.05, 4.69) is 10.6 Å². The molecule has 1 aromatic carbocycles. The van der Waals surface area contributed by atoms with E-state index in [1.165, 1.54) is 7.11 Å². The minimum atomic E-state index is -0.589. The largest absolute Gasteiger partial charge is 0.468 e. The number of carbonyl (C=O) groups excluding carboxylic acids is 2. The van der Waals surface area contributed by atoms with Gasteiger partial charge in [0.2, 0.25) is 0 Å². The van der Waals surface area contributed by atoms with Crippen LogP contribution in [-0.4, -0.2) is 43.4 Å². The van der Waals surface area contributed by atoms with Gasteiger partial charge in [-0.2, -0.15) is 0 Å². The molecule has 1 amide bonds. The van der Waals surface area contributed by atoms with Crippen LogP contribution in [0.5, 0.6) is 0 Å². The molecule has 28 heavy (non-hydrogen) atoms. The highest BCUT2D eigenvalue weighted by Crippen LogP contribution is 2.13. The molecule has 0 aliphatic heterocycles. The molecule has 0 saturated carbocycles. The van der Waals surface area contributed by atoms with Crippen molar-refractivity contribution >= 4 is 23.7 Å². The van der Waals surface area contributed by atoms with Gasteiger partial charge in [0.1, 0.15) is 11.6 Å². The molecule has 0 heterocycles. The maximum absolute atomic E-state index is 12.3. The maximum Gasteiger partial charge on any atom is 0.407 e. The maximum atomic E-state index is 12.3. The highest BCUT2D eigenvalue weighted by molar-refractivity contribution is 6.30. The monoisotopic (exact) mass is 412 g/mol. The number of carbonyl (C=O) groups is 2. The van der Waals surface area contributed by atoms with Gasteiger partial charge in [-0.15, -0.1) is 0 Å². The average molecular weight is 413 g/mol. The number of alkyl carbamates (subject to hydrolysis) is 1. The third-order valence-corrected chi connectivity index (χ3v) is 4.17. The molecule has 2 N–H and O–H groups in total. The molecule has 2 atom stereocenters. The number of rotatable bonds is 9. The summed E-state index contributed by atoms with van der Waals surface area (Å²) in [5.74, 6) is 0.0151. The third kappa shape index (κ3) is 9.95. The van der Waals surface area contributed by atoms with E-state index in [0.717, 1.165) is 5.56 Å². The van der Waals surface area contributed by atoms with E-state index in [1.54, 1.807) is 0 Å². The third-order valence-electron chi connectivity index (χ3n) is 3.92. The van der Waals surface area contributed by atoms with Crippen molar-refractivity contribution in [3.8, 4) is 0 Å². The molecular weight excluding hydrogens is 380 g/mol. The van der Waals surface area contributed by atoms with Crippen molar-refractivity contribution in [2.75, 3.05) is 13.7 Å². The fourth-order valence-electron chi connectivity index (χ4n) is 2.71. The molecule has 0 bridgehead atoms. The zero-order valence-corrected chi connectivity index (χ0v) is 18.4. The molecule has 1 rings (SSSR count). The van der Waals surface area contributed by atoms with Crippen LogP contribution in [0, 0.1) is 5.92 Å². The van der Waals surface area contributed by atoms with E-state index < -0.39 is 17.7 Å². The zero-order valence-electron chi connectivity index (χ0n) is 17.7. The van der Waals surface area contributed by atoms with Crippen LogP contribution in [0.3, 0.4) is 0 Å². The summed E-state index contributed by atoms with van der Waals surface area (Å²) >= 11 is 5.95. The van der Waals surface area contributed by atoms with Gasteiger partial charge in [-0.25, -0.2) is 4.79 Å². The number of nitrogens with one attached hydrogen (secondary N) is 2. The number of benzene rings is 1. The normalized spacial score (nSPS) is 13.7. The molecular formula is C21H33ClN2O4. The standard InChI is InChI=1S/C21H33ClN2O4/c1-14(2)11-18(19(25)27-6)23-13-17(24-20(26)28-21(3,4)5)12-15-7-9-16(22)10-8-15/h7-10,14,17-18,23H,11-13H2,1-6H3,(H,24,26)/t17-,18-/m0/s1. The van der Waals surface area contributed by atoms with E-state index in [1.807, 2.05) is 58.9 Å². The lowest BCUT2D eigenvalue weighted by molar-refractivity contribution is -0.143. The van der Waals surface area contributed by atoms with E-state index in [9.17, 15) is 9.59 Å². The van der Waals surface area contributed by atoms with E-state index in [-0.39, 0.29) is 12.0 Å². The van der Waals surface area contributed by atoms with Gasteiger partial charge in [0.25, 0.3) is 0 Å². The van der Waals surface area contributed by atoms with E-state index in [4.69, 9.17) is 21.1 Å². The summed E-state index contributed by atoms with van der Waals surface area (Å²) in [6.07, 6.45) is 0.720. The predicted octanol–water partition coefficient (Wildman–Crippen LogP) is 3.95. The first-order valence-corrected chi connectivity index (χ1v) is 9.93. The Morgan fingerprint density at radius 2 is 1.75 bits per heavy atom. The average Bonchev–Trinajstić information content (AvgIpc) is 2.57. The Bertz CT molecular complexity index is 626. The molecule has 0 fully saturated rings. The van der Waals surface area contributed by atoms with Crippen LogP contribution in [0.1, 0.15) is 46.6 Å². The fraction of sp³-hybridized carbons (Fsp3) is 0.619. The molecule has 0 radical (unpaired) electrons. The van der Waals surface area contributed by atoms with Gasteiger partial charge >= 0.3 is 12.1 Å². The van der Waals surface area contributed by atoms with Gasteiger partial charge < -0.3 is 20.1 Å². The van der Waals surface area contributed by atoms with Gasteiger partial charge in [-0.05, 0) is 57.2 Å².